The zero-order valence-corrected chi connectivity index (χ0v) is 32.0. The summed E-state index contributed by atoms with van der Waals surface area (Å²) in [6.45, 7) is 3.00. The molecule has 2 aromatic carbocycles. The molecule has 17 heteroatoms. The molecule has 2 amide bonds. The van der Waals surface area contributed by atoms with E-state index in [4.69, 9.17) is 0 Å². The van der Waals surface area contributed by atoms with Crippen LogP contribution in [0.25, 0.3) is 21.5 Å². The minimum atomic E-state index is -4.45. The molecule has 3 aromatic heterocycles. The van der Waals surface area contributed by atoms with Crippen molar-refractivity contribution in [3.05, 3.63) is 88.0 Å². The monoisotopic (exact) mass is 809 g/mol. The number of benzene rings is 2. The van der Waals surface area contributed by atoms with Gasteiger partial charge in [-0.2, -0.15) is 17.5 Å². The van der Waals surface area contributed by atoms with Crippen molar-refractivity contribution in [2.75, 3.05) is 31.5 Å². The van der Waals surface area contributed by atoms with Gasteiger partial charge in [0, 0.05) is 60.3 Å². The van der Waals surface area contributed by atoms with Gasteiger partial charge >= 0.3 is 6.18 Å². The summed E-state index contributed by atoms with van der Waals surface area (Å²) in [5.41, 5.74) is 3.86. The van der Waals surface area contributed by atoms with Gasteiger partial charge in [-0.05, 0) is 91.2 Å². The molecule has 3 aliphatic heterocycles. The van der Waals surface area contributed by atoms with Crippen LogP contribution in [0.15, 0.2) is 71.3 Å². The highest BCUT2D eigenvalue weighted by Crippen LogP contribution is 2.39. The smallest absolute Gasteiger partial charge is 0.359 e. The first-order valence-electron chi connectivity index (χ1n) is 18.2. The minimum absolute atomic E-state index is 0.134. The van der Waals surface area contributed by atoms with E-state index in [0.29, 0.717) is 60.9 Å². The standard InChI is InChI=1S/C38H38F3N7O4S3/c39-38(40,41)33-20-44-37(54-33)45-27-10-14-48(15-11-27)55(51,52)28-3-1-2-26(16-28)35-42-18-23(19-43-35)21-47-12-8-24(9-13-47)25-4-5-29-31(22-53-32(29)17-25)30-6-7-34(49)46-36(30)50/h1-5,16-20,22,24,27,30H,6-15,21H2,(H,44,45)(H,46,49,50). The Morgan fingerprint density at radius 2 is 1.67 bits per heavy atom. The van der Waals surface area contributed by atoms with E-state index < -0.39 is 21.1 Å². The molecule has 3 fully saturated rings. The normalized spacial score (nSPS) is 19.9. The number of anilines is 1. The Morgan fingerprint density at radius 1 is 0.909 bits per heavy atom. The molecular formula is C38H38F3N7O4S3. The summed E-state index contributed by atoms with van der Waals surface area (Å²) < 4.78 is 68.6. The molecule has 0 bridgehead atoms. The average molecular weight is 810 g/mol. The highest BCUT2D eigenvalue weighted by Gasteiger charge is 2.35. The number of piperidine rings is 3. The van der Waals surface area contributed by atoms with Crippen molar-refractivity contribution in [3.8, 4) is 11.4 Å². The first kappa shape index (κ1) is 37.6. The van der Waals surface area contributed by atoms with Gasteiger partial charge in [0.2, 0.25) is 21.8 Å². The summed E-state index contributed by atoms with van der Waals surface area (Å²) in [5.74, 6) is 0.162. The minimum Gasteiger partial charge on any atom is -0.359 e. The first-order valence-corrected chi connectivity index (χ1v) is 21.3. The van der Waals surface area contributed by atoms with Gasteiger partial charge in [-0.15, -0.1) is 11.3 Å². The molecule has 2 N–H and O–H groups in total. The van der Waals surface area contributed by atoms with Crippen molar-refractivity contribution in [2.45, 2.75) is 74.0 Å². The highest BCUT2D eigenvalue weighted by molar-refractivity contribution is 7.89. The second kappa shape index (κ2) is 15.3. The van der Waals surface area contributed by atoms with Gasteiger partial charge in [0.05, 0.1) is 17.0 Å². The third-order valence-corrected chi connectivity index (χ3v) is 14.5. The van der Waals surface area contributed by atoms with Gasteiger partial charge in [-0.25, -0.2) is 23.4 Å². The van der Waals surface area contributed by atoms with Crippen molar-refractivity contribution in [2.24, 2.45) is 0 Å². The van der Waals surface area contributed by atoms with Crippen molar-refractivity contribution >= 4 is 59.7 Å². The number of rotatable bonds is 9. The van der Waals surface area contributed by atoms with Crippen LogP contribution >= 0.6 is 22.7 Å². The molecule has 3 saturated heterocycles. The molecule has 55 heavy (non-hydrogen) atoms. The fraction of sp³-hybridized carbons (Fsp3) is 0.395. The zero-order chi connectivity index (χ0) is 38.3. The molecule has 11 nitrogen and oxygen atoms in total. The molecule has 5 aromatic rings. The third-order valence-electron chi connectivity index (χ3n) is 10.7. The number of hydrogen-bond donors (Lipinski definition) is 2. The molecule has 288 valence electrons. The number of fused-ring (bicyclic) bond motifs is 1. The average Bonchev–Trinajstić information content (AvgIpc) is 3.83. The Bertz CT molecular complexity index is 2320. The predicted octanol–water partition coefficient (Wildman–Crippen LogP) is 7.00. The van der Waals surface area contributed by atoms with E-state index in [1.807, 2.05) is 0 Å². The van der Waals surface area contributed by atoms with E-state index in [1.165, 1.54) is 9.87 Å². The van der Waals surface area contributed by atoms with Crippen LogP contribution in [0.1, 0.15) is 71.9 Å². The lowest BCUT2D eigenvalue weighted by molar-refractivity contribution is -0.135. The lowest BCUT2D eigenvalue weighted by atomic mass is 9.87. The van der Waals surface area contributed by atoms with Gasteiger partial charge in [0.25, 0.3) is 0 Å². The number of sulfonamides is 1. The number of nitrogens with zero attached hydrogens (tertiary/aromatic N) is 5. The van der Waals surface area contributed by atoms with Gasteiger partial charge in [-0.3, -0.25) is 19.8 Å². The largest absolute Gasteiger partial charge is 0.427 e. The van der Waals surface area contributed by atoms with Gasteiger partial charge in [0.1, 0.15) is 4.88 Å². The molecule has 0 saturated carbocycles. The Kier molecular flexibility index (Phi) is 10.5. The van der Waals surface area contributed by atoms with Crippen LogP contribution in [-0.2, 0) is 32.3 Å². The van der Waals surface area contributed by atoms with E-state index >= 15 is 0 Å². The molecule has 0 aliphatic carbocycles. The van der Waals surface area contributed by atoms with Crippen molar-refractivity contribution in [1.29, 1.82) is 0 Å². The number of nitrogens with one attached hydrogen (secondary N) is 2. The fourth-order valence-electron chi connectivity index (χ4n) is 7.68. The summed E-state index contributed by atoms with van der Waals surface area (Å²) in [6, 6.07) is 13.0. The summed E-state index contributed by atoms with van der Waals surface area (Å²) in [6.07, 6.45) is 3.74. The van der Waals surface area contributed by atoms with Crippen molar-refractivity contribution < 1.29 is 31.2 Å². The van der Waals surface area contributed by atoms with Gasteiger partial charge in [0.15, 0.2) is 11.0 Å². The third kappa shape index (κ3) is 8.17. The number of carbonyl (C=O) groups excluding carboxylic acids is 2. The van der Waals surface area contributed by atoms with E-state index in [9.17, 15) is 31.2 Å². The number of hydrogen-bond acceptors (Lipinski definition) is 11. The van der Waals surface area contributed by atoms with Crippen molar-refractivity contribution in [1.82, 2.24) is 29.5 Å². The molecule has 6 heterocycles. The van der Waals surface area contributed by atoms with E-state index in [0.717, 1.165) is 53.3 Å². The summed E-state index contributed by atoms with van der Waals surface area (Å²) in [5, 5.41) is 8.82. The number of thiophene rings is 1. The number of amides is 2. The fourth-order valence-corrected chi connectivity index (χ4v) is 11.0. The zero-order valence-electron chi connectivity index (χ0n) is 29.6. The molecule has 1 unspecified atom stereocenters. The quantitative estimate of drug-likeness (QED) is 0.151. The van der Waals surface area contributed by atoms with Crippen LogP contribution < -0.4 is 10.6 Å². The van der Waals surface area contributed by atoms with Gasteiger partial charge < -0.3 is 5.32 Å². The Balaban J connectivity index is 0.839. The maximum absolute atomic E-state index is 13.6. The summed E-state index contributed by atoms with van der Waals surface area (Å²) >= 11 is 2.19. The van der Waals surface area contributed by atoms with Crippen molar-refractivity contribution in [3.63, 3.8) is 0 Å². The maximum Gasteiger partial charge on any atom is 0.427 e. The van der Waals surface area contributed by atoms with Crippen LogP contribution in [0.3, 0.4) is 0 Å². The lowest BCUT2D eigenvalue weighted by Gasteiger charge is -2.32. The van der Waals surface area contributed by atoms with E-state index in [1.54, 1.807) is 48.0 Å². The number of alkyl halides is 3. The van der Waals surface area contributed by atoms with E-state index in [2.05, 4.69) is 54.1 Å². The number of imide groups is 1. The Hall–Kier alpha value is -4.29. The molecule has 3 aliphatic rings. The predicted molar refractivity (Wildman–Crippen MR) is 204 cm³/mol. The summed E-state index contributed by atoms with van der Waals surface area (Å²) in [4.78, 5) is 38.8. The number of aromatic nitrogens is 3. The topological polar surface area (TPSA) is 137 Å². The first-order chi connectivity index (χ1) is 26.4. The van der Waals surface area contributed by atoms with Crippen LogP contribution in [0.2, 0.25) is 0 Å². The lowest BCUT2D eigenvalue weighted by Crippen LogP contribution is -2.42. The summed E-state index contributed by atoms with van der Waals surface area (Å²) in [7, 11) is -3.82. The highest BCUT2D eigenvalue weighted by atomic mass is 32.2. The second-order valence-corrected chi connectivity index (χ2v) is 18.2. The Labute approximate surface area is 324 Å². The molecule has 0 radical (unpaired) electrons. The number of likely N-dealkylation sites (tertiary alicyclic amines) is 1. The SMILES string of the molecule is O=C1CCC(c2csc3cc(C4CCN(Cc5cnc(-c6cccc(S(=O)(=O)N7CCC(Nc8ncc(C(F)(F)F)s8)CC7)c6)nc5)CC4)ccc23)C(=O)N1. The number of halogens is 3. The molecular weight excluding hydrogens is 772 g/mol. The number of thiazole rings is 1. The van der Waals surface area contributed by atoms with Crippen LogP contribution in [0.4, 0.5) is 18.3 Å². The number of carbonyl (C=O) groups is 2. The van der Waals surface area contributed by atoms with Crippen LogP contribution in [0.5, 0.6) is 0 Å². The molecule has 0 spiro atoms. The Morgan fingerprint density at radius 3 is 2.38 bits per heavy atom. The van der Waals surface area contributed by atoms with Gasteiger partial charge in [-0.1, -0.05) is 35.6 Å². The molecule has 8 rings (SSSR count). The second-order valence-electron chi connectivity index (χ2n) is 14.3. The van der Waals surface area contributed by atoms with Crippen LogP contribution in [0, 0.1) is 0 Å². The maximum atomic E-state index is 13.6. The van der Waals surface area contributed by atoms with E-state index in [-0.39, 0.29) is 46.9 Å². The van der Waals surface area contributed by atoms with Crippen LogP contribution in [-0.4, -0.2) is 76.6 Å². The molecule has 1 atom stereocenters.